The molecule has 25 heavy (non-hydrogen) atoms. The van der Waals surface area contributed by atoms with Gasteiger partial charge in [0.2, 0.25) is 5.82 Å². The van der Waals surface area contributed by atoms with Gasteiger partial charge >= 0.3 is 11.8 Å². The Hall–Kier alpha value is -2.20. The number of aliphatic hydroxyl groups is 2. The van der Waals surface area contributed by atoms with E-state index in [1.807, 2.05) is 0 Å². The molecule has 1 saturated carbocycles. The average Bonchev–Trinajstić information content (AvgIpc) is 2.46. The molecule has 10 heteroatoms. The number of carbonyl (C=O) groups is 1. The fourth-order valence-corrected chi connectivity index (χ4v) is 2.78. The second kappa shape index (κ2) is 6.96. The van der Waals surface area contributed by atoms with Crippen LogP contribution in [0.1, 0.15) is 39.7 Å². The van der Waals surface area contributed by atoms with Crippen LogP contribution < -0.4 is 16.6 Å². The van der Waals surface area contributed by atoms with E-state index in [1.54, 1.807) is 25.8 Å². The average molecular weight is 359 g/mol. The first-order chi connectivity index (χ1) is 11.5. The van der Waals surface area contributed by atoms with Gasteiger partial charge in [0.1, 0.15) is 17.8 Å². The van der Waals surface area contributed by atoms with Gasteiger partial charge in [-0.2, -0.15) is 4.39 Å². The lowest BCUT2D eigenvalue weighted by molar-refractivity contribution is -0.0600. The molecule has 1 aliphatic carbocycles. The molecule has 0 radical (unpaired) electrons. The summed E-state index contributed by atoms with van der Waals surface area (Å²) in [7, 11) is 0. The third-order valence-electron chi connectivity index (χ3n) is 3.91. The number of ether oxygens (including phenoxy) is 1. The maximum atomic E-state index is 13.4. The summed E-state index contributed by atoms with van der Waals surface area (Å²) in [6.45, 7) is 5.06. The lowest BCUT2D eigenvalue weighted by atomic mass is 9.86. The first-order valence-corrected chi connectivity index (χ1v) is 7.86. The van der Waals surface area contributed by atoms with Crippen molar-refractivity contribution >= 4 is 6.09 Å². The zero-order valence-electron chi connectivity index (χ0n) is 14.2. The van der Waals surface area contributed by atoms with Crippen LogP contribution in [0.2, 0.25) is 0 Å². The second-order valence-electron chi connectivity index (χ2n) is 7.02. The molecule has 2 rings (SSSR count). The normalized spacial score (nSPS) is 27.0. The molecule has 0 unspecified atom stereocenters. The highest BCUT2D eigenvalue weighted by Crippen LogP contribution is 2.28. The Morgan fingerprint density at radius 2 is 1.96 bits per heavy atom. The van der Waals surface area contributed by atoms with Crippen molar-refractivity contribution in [3.8, 4) is 0 Å². The van der Waals surface area contributed by atoms with Crippen LogP contribution in [0.5, 0.6) is 0 Å². The third kappa shape index (κ3) is 4.45. The zero-order valence-corrected chi connectivity index (χ0v) is 14.2. The minimum absolute atomic E-state index is 0.171. The van der Waals surface area contributed by atoms with E-state index >= 15 is 0 Å². The van der Waals surface area contributed by atoms with Gasteiger partial charge in [-0.05, 0) is 33.6 Å². The minimum Gasteiger partial charge on any atom is -0.444 e. The van der Waals surface area contributed by atoms with Crippen LogP contribution >= 0.6 is 0 Å². The largest absolute Gasteiger partial charge is 0.444 e. The molecule has 1 aliphatic rings. The van der Waals surface area contributed by atoms with E-state index in [1.165, 1.54) is 0 Å². The number of aromatic amines is 1. The third-order valence-corrected chi connectivity index (χ3v) is 3.91. The van der Waals surface area contributed by atoms with Crippen molar-refractivity contribution in [1.29, 1.82) is 0 Å². The molecule has 1 amide bonds. The Labute approximate surface area is 142 Å². The predicted octanol–water partition coefficient (Wildman–Crippen LogP) is -0.374. The van der Waals surface area contributed by atoms with E-state index in [4.69, 9.17) is 4.74 Å². The van der Waals surface area contributed by atoms with Gasteiger partial charge in [-0.1, -0.05) is 0 Å². The lowest BCUT2D eigenvalue weighted by Crippen LogP contribution is -2.56. The Morgan fingerprint density at radius 1 is 1.32 bits per heavy atom. The molecule has 1 fully saturated rings. The van der Waals surface area contributed by atoms with E-state index < -0.39 is 53.1 Å². The Balaban J connectivity index is 2.13. The highest BCUT2D eigenvalue weighted by molar-refractivity contribution is 5.68. The number of carbonyl (C=O) groups excluding carboxylic acids is 1. The zero-order chi connectivity index (χ0) is 18.9. The number of rotatable bonds is 2. The first kappa shape index (κ1) is 19.1. The summed E-state index contributed by atoms with van der Waals surface area (Å²) < 4.78 is 19.4. The number of H-pyrrole nitrogens is 1. The van der Waals surface area contributed by atoms with E-state index in [9.17, 15) is 29.0 Å². The standard InChI is InChI=1S/C15H22FN3O6/c1-15(2,3)25-14(24)17-8-4-5-9(11(21)10(8)20)19-6-7(16)12(22)18-13(19)23/h6,8-11,20-21H,4-5H2,1-3H3,(H,17,24)(H,18,22,23)/t8-,9-,10-,11-/m1/s1. The Bertz CT molecular complexity index is 753. The number of alkyl carbamates (subject to hydrolysis) is 1. The Kier molecular flexibility index (Phi) is 5.33. The molecule has 4 atom stereocenters. The highest BCUT2D eigenvalue weighted by Gasteiger charge is 2.40. The molecular formula is C15H22FN3O6. The highest BCUT2D eigenvalue weighted by atomic mass is 19.1. The topological polar surface area (TPSA) is 134 Å². The van der Waals surface area contributed by atoms with Gasteiger partial charge in [0.05, 0.1) is 18.3 Å². The molecule has 1 aromatic rings. The fraction of sp³-hybridized carbons (Fsp3) is 0.667. The minimum atomic E-state index is -1.45. The summed E-state index contributed by atoms with van der Waals surface area (Å²) in [4.78, 5) is 36.5. The van der Waals surface area contributed by atoms with Crippen LogP contribution in [0.25, 0.3) is 0 Å². The molecule has 1 heterocycles. The summed E-state index contributed by atoms with van der Waals surface area (Å²) in [5, 5.41) is 23.0. The van der Waals surface area contributed by atoms with Crippen LogP contribution in [0.15, 0.2) is 15.8 Å². The predicted molar refractivity (Wildman–Crippen MR) is 84.7 cm³/mol. The number of aliphatic hydroxyl groups excluding tert-OH is 2. The SMILES string of the molecule is CC(C)(C)OC(=O)N[C@@H]1CC[C@@H](n2cc(F)c(=O)[nH]c2=O)[C@@H](O)[C@@H]1O. The number of amides is 1. The summed E-state index contributed by atoms with van der Waals surface area (Å²) in [6.07, 6.45) is -2.50. The molecule has 0 aliphatic heterocycles. The molecule has 4 N–H and O–H groups in total. The van der Waals surface area contributed by atoms with Crippen LogP contribution in [0.4, 0.5) is 9.18 Å². The van der Waals surface area contributed by atoms with Crippen molar-refractivity contribution < 1.29 is 24.1 Å². The Morgan fingerprint density at radius 3 is 2.56 bits per heavy atom. The maximum absolute atomic E-state index is 13.4. The van der Waals surface area contributed by atoms with Crippen molar-refractivity contribution in [2.45, 2.75) is 63.5 Å². The van der Waals surface area contributed by atoms with E-state index in [0.29, 0.717) is 6.20 Å². The molecule has 1 aromatic heterocycles. The van der Waals surface area contributed by atoms with Crippen LogP contribution in [-0.2, 0) is 4.74 Å². The van der Waals surface area contributed by atoms with Crippen LogP contribution in [-0.4, -0.2) is 49.7 Å². The summed E-state index contributed by atoms with van der Waals surface area (Å²) in [5.41, 5.74) is -2.76. The molecule has 140 valence electrons. The van der Waals surface area contributed by atoms with Gasteiger partial charge in [-0.3, -0.25) is 14.3 Å². The molecule has 0 aromatic carbocycles. The second-order valence-corrected chi connectivity index (χ2v) is 7.02. The number of nitrogens with one attached hydrogen (secondary N) is 2. The number of aromatic nitrogens is 2. The molecule has 0 bridgehead atoms. The van der Waals surface area contributed by atoms with Crippen molar-refractivity contribution in [1.82, 2.24) is 14.9 Å². The van der Waals surface area contributed by atoms with Gasteiger partial charge in [0, 0.05) is 0 Å². The molecule has 0 spiro atoms. The van der Waals surface area contributed by atoms with E-state index in [0.717, 1.165) is 4.57 Å². The molecule has 0 saturated heterocycles. The summed E-state index contributed by atoms with van der Waals surface area (Å²) in [6, 6.07) is -1.73. The van der Waals surface area contributed by atoms with Gasteiger partial charge in [0.15, 0.2) is 0 Å². The van der Waals surface area contributed by atoms with Gasteiger partial charge in [-0.25, -0.2) is 9.59 Å². The van der Waals surface area contributed by atoms with Gasteiger partial charge in [0.25, 0.3) is 5.56 Å². The van der Waals surface area contributed by atoms with Crippen molar-refractivity contribution in [2.24, 2.45) is 0 Å². The number of halogens is 1. The van der Waals surface area contributed by atoms with Crippen molar-refractivity contribution in [3.05, 3.63) is 32.9 Å². The summed E-state index contributed by atoms with van der Waals surface area (Å²) in [5.74, 6) is -1.17. The maximum Gasteiger partial charge on any atom is 0.407 e. The van der Waals surface area contributed by atoms with Gasteiger partial charge in [-0.15, -0.1) is 0 Å². The quantitative estimate of drug-likeness (QED) is 0.569. The van der Waals surface area contributed by atoms with Crippen molar-refractivity contribution in [2.75, 3.05) is 0 Å². The molecular weight excluding hydrogens is 337 g/mol. The number of hydrogen-bond donors (Lipinski definition) is 4. The van der Waals surface area contributed by atoms with Crippen LogP contribution in [0, 0.1) is 5.82 Å². The summed E-state index contributed by atoms with van der Waals surface area (Å²) >= 11 is 0. The smallest absolute Gasteiger partial charge is 0.407 e. The van der Waals surface area contributed by atoms with E-state index in [-0.39, 0.29) is 12.8 Å². The fourth-order valence-electron chi connectivity index (χ4n) is 2.78. The van der Waals surface area contributed by atoms with Gasteiger partial charge < -0.3 is 20.3 Å². The van der Waals surface area contributed by atoms with Crippen LogP contribution in [0.3, 0.4) is 0 Å². The lowest BCUT2D eigenvalue weighted by Gasteiger charge is -2.38. The monoisotopic (exact) mass is 359 g/mol. The first-order valence-electron chi connectivity index (χ1n) is 7.86. The van der Waals surface area contributed by atoms with E-state index in [2.05, 4.69) is 5.32 Å². The van der Waals surface area contributed by atoms with Crippen molar-refractivity contribution in [3.63, 3.8) is 0 Å². The number of hydrogen-bond acceptors (Lipinski definition) is 6. The molecule has 9 nitrogen and oxygen atoms in total. The number of nitrogens with zero attached hydrogens (tertiary/aromatic N) is 1.